The van der Waals surface area contributed by atoms with E-state index in [9.17, 15) is 0 Å². The molecule has 0 spiro atoms. The summed E-state index contributed by atoms with van der Waals surface area (Å²) in [5.74, 6) is 0.721. The molecule has 3 rings (SSSR count). The second-order valence-corrected chi connectivity index (χ2v) is 5.61. The van der Waals surface area contributed by atoms with E-state index < -0.39 is 0 Å². The van der Waals surface area contributed by atoms with Crippen molar-refractivity contribution >= 4 is 11.1 Å². The largest absolute Gasteiger partial charge is 0.441 e. The Labute approximate surface area is 113 Å². The van der Waals surface area contributed by atoms with Crippen LogP contribution in [0.15, 0.2) is 22.6 Å². The zero-order valence-electron chi connectivity index (χ0n) is 11.6. The molecule has 1 saturated carbocycles. The average molecular weight is 259 g/mol. The van der Waals surface area contributed by atoms with Crippen molar-refractivity contribution in [2.75, 3.05) is 7.05 Å². The average Bonchev–Trinajstić information content (AvgIpc) is 2.93. The lowest BCUT2D eigenvalue weighted by atomic mass is 10.1. The molecular formula is C15H21N3O. The Morgan fingerprint density at radius 3 is 3.00 bits per heavy atom. The van der Waals surface area contributed by atoms with Gasteiger partial charge in [-0.3, -0.25) is 4.90 Å². The van der Waals surface area contributed by atoms with E-state index in [1.54, 1.807) is 0 Å². The van der Waals surface area contributed by atoms with Gasteiger partial charge in [0.25, 0.3) is 0 Å². The van der Waals surface area contributed by atoms with Crippen molar-refractivity contribution in [2.45, 2.75) is 44.8 Å². The van der Waals surface area contributed by atoms with E-state index in [2.05, 4.69) is 29.1 Å². The maximum Gasteiger partial charge on any atom is 0.192 e. The van der Waals surface area contributed by atoms with E-state index in [0.717, 1.165) is 30.0 Å². The monoisotopic (exact) mass is 259 g/mol. The highest BCUT2D eigenvalue weighted by Crippen LogP contribution is 2.24. The van der Waals surface area contributed by atoms with Gasteiger partial charge in [-0.05, 0) is 37.6 Å². The van der Waals surface area contributed by atoms with Gasteiger partial charge in [0, 0.05) is 25.6 Å². The summed E-state index contributed by atoms with van der Waals surface area (Å²) in [6, 6.07) is 7.07. The molecule has 1 aliphatic rings. The molecule has 0 bridgehead atoms. The van der Waals surface area contributed by atoms with Crippen LogP contribution in [0.5, 0.6) is 0 Å². The van der Waals surface area contributed by atoms with Crippen LogP contribution in [0.2, 0.25) is 0 Å². The third kappa shape index (κ3) is 2.51. The SMILES string of the molecule is Cc1nc2cc(CN(C)C3CCCC3N)ccc2o1. The third-order valence-corrected chi connectivity index (χ3v) is 4.09. The van der Waals surface area contributed by atoms with Gasteiger partial charge in [-0.25, -0.2) is 4.98 Å². The first-order valence-electron chi connectivity index (χ1n) is 6.95. The molecular weight excluding hydrogens is 238 g/mol. The molecule has 1 heterocycles. The zero-order valence-corrected chi connectivity index (χ0v) is 11.6. The highest BCUT2D eigenvalue weighted by Gasteiger charge is 2.27. The molecule has 2 aromatic rings. The number of hydrogen-bond acceptors (Lipinski definition) is 4. The predicted molar refractivity (Wildman–Crippen MR) is 75.8 cm³/mol. The smallest absolute Gasteiger partial charge is 0.192 e. The van der Waals surface area contributed by atoms with Crippen molar-refractivity contribution < 1.29 is 4.42 Å². The summed E-state index contributed by atoms with van der Waals surface area (Å²) >= 11 is 0. The Kier molecular flexibility index (Phi) is 3.29. The molecule has 0 radical (unpaired) electrons. The van der Waals surface area contributed by atoms with Crippen molar-refractivity contribution in [3.63, 3.8) is 0 Å². The van der Waals surface area contributed by atoms with Crippen LogP contribution in [0.1, 0.15) is 30.7 Å². The van der Waals surface area contributed by atoms with Crippen LogP contribution in [0, 0.1) is 6.92 Å². The molecule has 0 amide bonds. The highest BCUT2D eigenvalue weighted by atomic mass is 16.3. The van der Waals surface area contributed by atoms with Crippen molar-refractivity contribution in [3.05, 3.63) is 29.7 Å². The first-order valence-corrected chi connectivity index (χ1v) is 6.95. The number of rotatable bonds is 3. The van der Waals surface area contributed by atoms with E-state index in [1.807, 2.05) is 13.0 Å². The van der Waals surface area contributed by atoms with Crippen molar-refractivity contribution in [2.24, 2.45) is 5.73 Å². The van der Waals surface area contributed by atoms with E-state index in [1.165, 1.54) is 18.4 Å². The molecule has 2 N–H and O–H groups in total. The number of nitrogens with two attached hydrogens (primary N) is 1. The summed E-state index contributed by atoms with van der Waals surface area (Å²) in [4.78, 5) is 6.75. The minimum atomic E-state index is 0.322. The molecule has 1 aromatic carbocycles. The molecule has 19 heavy (non-hydrogen) atoms. The Morgan fingerprint density at radius 1 is 1.42 bits per heavy atom. The Hall–Kier alpha value is -1.39. The first kappa shape index (κ1) is 12.6. The van der Waals surface area contributed by atoms with Crippen LogP contribution in [0.4, 0.5) is 0 Å². The number of aryl methyl sites for hydroxylation is 1. The van der Waals surface area contributed by atoms with Crippen LogP contribution in [-0.2, 0) is 6.54 Å². The fourth-order valence-corrected chi connectivity index (χ4v) is 3.11. The Bertz CT molecular complexity index is 578. The molecule has 4 nitrogen and oxygen atoms in total. The van der Waals surface area contributed by atoms with Gasteiger partial charge in [0.2, 0.25) is 0 Å². The van der Waals surface area contributed by atoms with Crippen molar-refractivity contribution in [3.8, 4) is 0 Å². The van der Waals surface area contributed by atoms with Crippen LogP contribution >= 0.6 is 0 Å². The van der Waals surface area contributed by atoms with Crippen LogP contribution in [0.25, 0.3) is 11.1 Å². The standard InChI is InChI=1S/C15H21N3O/c1-10-17-13-8-11(6-7-15(13)19-10)9-18(2)14-5-3-4-12(14)16/h6-8,12,14H,3-5,9,16H2,1-2H3. The highest BCUT2D eigenvalue weighted by molar-refractivity contribution is 5.73. The van der Waals surface area contributed by atoms with Gasteiger partial charge in [0.1, 0.15) is 5.52 Å². The van der Waals surface area contributed by atoms with Crippen LogP contribution in [0.3, 0.4) is 0 Å². The van der Waals surface area contributed by atoms with E-state index in [4.69, 9.17) is 10.2 Å². The van der Waals surface area contributed by atoms with Crippen LogP contribution in [-0.4, -0.2) is 29.0 Å². The number of benzene rings is 1. The quantitative estimate of drug-likeness (QED) is 0.920. The number of fused-ring (bicyclic) bond motifs is 1. The normalized spacial score (nSPS) is 23.6. The Morgan fingerprint density at radius 2 is 2.26 bits per heavy atom. The first-order chi connectivity index (χ1) is 9.13. The number of nitrogens with zero attached hydrogens (tertiary/aromatic N) is 2. The number of hydrogen-bond donors (Lipinski definition) is 1. The van der Waals surface area contributed by atoms with Gasteiger partial charge in [-0.1, -0.05) is 12.5 Å². The Balaban J connectivity index is 1.77. The molecule has 1 aliphatic carbocycles. The van der Waals surface area contributed by atoms with Gasteiger partial charge in [-0.15, -0.1) is 0 Å². The maximum atomic E-state index is 6.16. The summed E-state index contributed by atoms with van der Waals surface area (Å²) in [6.45, 7) is 2.80. The third-order valence-electron chi connectivity index (χ3n) is 4.09. The molecule has 2 unspecified atom stereocenters. The maximum absolute atomic E-state index is 6.16. The van der Waals surface area contributed by atoms with E-state index in [0.29, 0.717) is 12.1 Å². The fraction of sp³-hybridized carbons (Fsp3) is 0.533. The molecule has 1 aromatic heterocycles. The summed E-state index contributed by atoms with van der Waals surface area (Å²) < 4.78 is 5.50. The van der Waals surface area contributed by atoms with Crippen molar-refractivity contribution in [1.29, 1.82) is 0 Å². The molecule has 0 aliphatic heterocycles. The predicted octanol–water partition coefficient (Wildman–Crippen LogP) is 2.45. The minimum absolute atomic E-state index is 0.322. The lowest BCUT2D eigenvalue weighted by molar-refractivity contribution is 0.220. The summed E-state index contributed by atoms with van der Waals surface area (Å²) in [5.41, 5.74) is 9.23. The minimum Gasteiger partial charge on any atom is -0.441 e. The molecule has 2 atom stereocenters. The lowest BCUT2D eigenvalue weighted by Crippen LogP contribution is -2.41. The molecule has 1 fully saturated rings. The van der Waals surface area contributed by atoms with E-state index in [-0.39, 0.29) is 0 Å². The van der Waals surface area contributed by atoms with Gasteiger partial charge in [0.15, 0.2) is 11.5 Å². The van der Waals surface area contributed by atoms with Crippen molar-refractivity contribution in [1.82, 2.24) is 9.88 Å². The molecule has 4 heteroatoms. The molecule has 0 saturated heterocycles. The van der Waals surface area contributed by atoms with Crippen LogP contribution < -0.4 is 5.73 Å². The zero-order chi connectivity index (χ0) is 13.4. The number of likely N-dealkylation sites (N-methyl/N-ethyl adjacent to an activating group) is 1. The summed E-state index contributed by atoms with van der Waals surface area (Å²) in [7, 11) is 2.16. The van der Waals surface area contributed by atoms with Gasteiger partial charge < -0.3 is 10.2 Å². The number of oxazole rings is 1. The lowest BCUT2D eigenvalue weighted by Gasteiger charge is -2.27. The van der Waals surface area contributed by atoms with Gasteiger partial charge in [0.05, 0.1) is 0 Å². The van der Waals surface area contributed by atoms with E-state index >= 15 is 0 Å². The second-order valence-electron chi connectivity index (χ2n) is 5.61. The fourth-order valence-electron chi connectivity index (χ4n) is 3.11. The molecule has 102 valence electrons. The second kappa shape index (κ2) is 4.94. The summed E-state index contributed by atoms with van der Waals surface area (Å²) in [6.07, 6.45) is 3.61. The number of aromatic nitrogens is 1. The van der Waals surface area contributed by atoms with Gasteiger partial charge in [-0.2, -0.15) is 0 Å². The van der Waals surface area contributed by atoms with Gasteiger partial charge >= 0.3 is 0 Å². The summed E-state index contributed by atoms with van der Waals surface area (Å²) in [5, 5.41) is 0. The topological polar surface area (TPSA) is 55.3 Å².